The molecule has 0 aromatic heterocycles. The molecule has 0 bridgehead atoms. The second kappa shape index (κ2) is 40.2. The summed E-state index contributed by atoms with van der Waals surface area (Å²) in [6.45, 7) is 21.1. The SMILES string of the molecule is CC/C(=C\[C@H](C)C(=O)N(C/C(=C/[C@H](C)C(=O)N(C/C(C)=C/[C@@H](C)C(=O)N(CC(=O)NCCCC(=O)N(CCN)CC(=O)N(CCN)CC(=O)CC(CSC)C(N)=O)Cc1ccc(C(F)(F)F)cc1)CC(C)C)CC)CC(C)C)CNCc1ccccc1. The molecule has 22 heteroatoms. The fraction of sp³-hybridized carbons (Fsp3) is 0.600. The van der Waals surface area contributed by atoms with Crippen LogP contribution in [0.25, 0.3) is 0 Å². The van der Waals surface area contributed by atoms with Gasteiger partial charge in [-0.05, 0) is 67.5 Å². The molecule has 0 aliphatic carbocycles. The maximum absolute atomic E-state index is 14.4. The molecular weight excluding hydrogens is 1140 g/mol. The van der Waals surface area contributed by atoms with E-state index in [0.717, 1.165) is 36.2 Å². The van der Waals surface area contributed by atoms with Crippen molar-refractivity contribution in [2.75, 3.05) is 97.1 Å². The van der Waals surface area contributed by atoms with Gasteiger partial charge in [-0.25, -0.2) is 0 Å². The van der Waals surface area contributed by atoms with Crippen LogP contribution in [0.5, 0.6) is 0 Å². The van der Waals surface area contributed by atoms with E-state index in [9.17, 15) is 51.5 Å². The Labute approximate surface area is 520 Å². The van der Waals surface area contributed by atoms with Gasteiger partial charge >= 0.3 is 6.18 Å². The smallest absolute Gasteiger partial charge is 0.369 e. The van der Waals surface area contributed by atoms with Gasteiger partial charge in [0.1, 0.15) is 0 Å². The molecule has 18 nitrogen and oxygen atoms in total. The number of hydrogen-bond donors (Lipinski definition) is 5. The van der Waals surface area contributed by atoms with E-state index in [1.54, 1.807) is 24.2 Å². The zero-order valence-corrected chi connectivity index (χ0v) is 54.3. The summed E-state index contributed by atoms with van der Waals surface area (Å²) in [5.74, 6) is -5.04. The number of hydrogen-bond acceptors (Lipinski definition) is 12. The highest BCUT2D eigenvalue weighted by Crippen LogP contribution is 2.29. The third-order valence-corrected chi connectivity index (χ3v) is 15.1. The van der Waals surface area contributed by atoms with Crippen molar-refractivity contribution in [1.82, 2.24) is 35.1 Å². The Bertz CT molecular complexity index is 2600. The van der Waals surface area contributed by atoms with Crippen LogP contribution in [-0.2, 0) is 57.6 Å². The number of nitrogens with one attached hydrogen (secondary N) is 2. The van der Waals surface area contributed by atoms with Gasteiger partial charge in [-0.15, -0.1) is 0 Å². The van der Waals surface area contributed by atoms with Crippen LogP contribution in [0.4, 0.5) is 13.2 Å². The number of carbonyl (C=O) groups excluding carboxylic acids is 8. The molecule has 2 rings (SSSR count). The number of halogens is 3. The van der Waals surface area contributed by atoms with Gasteiger partial charge in [0.25, 0.3) is 0 Å². The first kappa shape index (κ1) is 76.7. The molecule has 0 spiro atoms. The molecule has 0 saturated carbocycles. The van der Waals surface area contributed by atoms with Crippen LogP contribution in [0.1, 0.15) is 118 Å². The summed E-state index contributed by atoms with van der Waals surface area (Å²) in [4.78, 5) is 116. The lowest BCUT2D eigenvalue weighted by molar-refractivity contribution is -0.142. The second-order valence-corrected chi connectivity index (χ2v) is 24.3. The van der Waals surface area contributed by atoms with E-state index in [0.29, 0.717) is 49.5 Å². The maximum Gasteiger partial charge on any atom is 0.416 e. The quantitative estimate of drug-likeness (QED) is 0.0327. The van der Waals surface area contributed by atoms with E-state index in [2.05, 4.69) is 49.6 Å². The van der Waals surface area contributed by atoms with Crippen molar-refractivity contribution in [3.63, 3.8) is 0 Å². The van der Waals surface area contributed by atoms with Gasteiger partial charge in [0.15, 0.2) is 5.78 Å². The molecule has 2 aromatic rings. The Kier molecular flexibility index (Phi) is 35.5. The lowest BCUT2D eigenvalue weighted by Gasteiger charge is -2.30. The van der Waals surface area contributed by atoms with Crippen molar-refractivity contribution >= 4 is 58.9 Å². The highest BCUT2D eigenvalue weighted by atomic mass is 32.2. The van der Waals surface area contributed by atoms with Crippen molar-refractivity contribution < 1.29 is 51.5 Å². The number of Topliss-reactive ketones (excluding diaryl/α,β-unsaturated/α-hetero) is 1. The zero-order chi connectivity index (χ0) is 65.4. The summed E-state index contributed by atoms with van der Waals surface area (Å²) in [5, 5.41) is 6.23. The van der Waals surface area contributed by atoms with E-state index in [1.807, 2.05) is 70.7 Å². The van der Waals surface area contributed by atoms with Crippen molar-refractivity contribution in [2.24, 2.45) is 52.7 Å². The number of nitrogens with zero attached hydrogens (tertiary/aromatic N) is 5. The van der Waals surface area contributed by atoms with Crippen molar-refractivity contribution in [3.8, 4) is 0 Å². The average molecular weight is 1240 g/mol. The lowest BCUT2D eigenvalue weighted by atomic mass is 10.00. The standard InChI is InChI=1S/C65H101F3N10O8S/c1-12-51(34-72-35-53-18-15-14-16-19-53)31-49(9)64(86)77(37-46(5)6)39-52(13-2)32-50(10)63(85)76(36-45(3)4)38-47(7)30-48(8)62(84)78(40-54-21-23-56(24-22-54)65(66,67)68)42-58(80)73-27-17-20-59(81)75(29-26-70)43-60(82)74(28-25-69)41-57(79)33-55(44-87-11)61(71)83/h14-16,18-19,21-24,30-32,45-46,48-50,55,72H,12-13,17,20,25-29,33-44,69-70H2,1-11H3,(H2,71,83)(H,73,80)/b47-30+,51-31+,52-32+/t48-,49+,50+,55?/m1/s1. The minimum absolute atomic E-state index is 0.0109. The van der Waals surface area contributed by atoms with E-state index < -0.39 is 72.1 Å². The summed E-state index contributed by atoms with van der Waals surface area (Å²) in [6, 6.07) is 14.5. The van der Waals surface area contributed by atoms with Crippen LogP contribution < -0.4 is 27.8 Å². The number of benzene rings is 2. The predicted molar refractivity (Wildman–Crippen MR) is 340 cm³/mol. The molecule has 8 N–H and O–H groups in total. The van der Waals surface area contributed by atoms with E-state index in [-0.39, 0.29) is 107 Å². The summed E-state index contributed by atoms with van der Waals surface area (Å²) >= 11 is 1.36. The summed E-state index contributed by atoms with van der Waals surface area (Å²) in [7, 11) is 0. The molecule has 4 atom stereocenters. The zero-order valence-electron chi connectivity index (χ0n) is 53.5. The largest absolute Gasteiger partial charge is 0.416 e. The molecule has 0 aliphatic rings. The number of thioether (sulfide) groups is 1. The fourth-order valence-corrected chi connectivity index (χ4v) is 10.6. The number of amides is 7. The predicted octanol–water partition coefficient (Wildman–Crippen LogP) is 7.22. The normalized spacial score (nSPS) is 13.6. The third kappa shape index (κ3) is 29.5. The van der Waals surface area contributed by atoms with Crippen LogP contribution in [-0.4, -0.2) is 169 Å². The van der Waals surface area contributed by atoms with Crippen LogP contribution in [0.3, 0.4) is 0 Å². The first-order valence-corrected chi connectivity index (χ1v) is 31.8. The Balaban J connectivity index is 2.27. The van der Waals surface area contributed by atoms with Gasteiger partial charge in [-0.1, -0.05) is 140 Å². The van der Waals surface area contributed by atoms with Crippen molar-refractivity contribution in [1.29, 1.82) is 0 Å². The molecule has 7 amide bonds. The maximum atomic E-state index is 14.4. The number of alkyl halides is 3. The molecule has 0 heterocycles. The molecule has 0 saturated heterocycles. The summed E-state index contributed by atoms with van der Waals surface area (Å²) < 4.78 is 40.6. The minimum atomic E-state index is -4.59. The number of carbonyl (C=O) groups is 8. The Hall–Kier alpha value is -6.36. The van der Waals surface area contributed by atoms with Crippen molar-refractivity contribution in [2.45, 2.75) is 121 Å². The van der Waals surface area contributed by atoms with Crippen molar-refractivity contribution in [3.05, 3.63) is 106 Å². The molecule has 486 valence electrons. The highest BCUT2D eigenvalue weighted by Gasteiger charge is 2.31. The lowest BCUT2D eigenvalue weighted by Crippen LogP contribution is -2.47. The first-order chi connectivity index (χ1) is 41.1. The van der Waals surface area contributed by atoms with Crippen LogP contribution in [0.2, 0.25) is 0 Å². The topological polar surface area (TPSA) is 255 Å². The minimum Gasteiger partial charge on any atom is -0.369 e. The van der Waals surface area contributed by atoms with Gasteiger partial charge in [0, 0.05) is 97.1 Å². The van der Waals surface area contributed by atoms with Gasteiger partial charge < -0.3 is 52.3 Å². The molecule has 2 aromatic carbocycles. The van der Waals surface area contributed by atoms with Gasteiger partial charge in [-0.3, -0.25) is 38.4 Å². The first-order valence-electron chi connectivity index (χ1n) is 30.4. The highest BCUT2D eigenvalue weighted by molar-refractivity contribution is 7.98. The van der Waals surface area contributed by atoms with E-state index >= 15 is 0 Å². The van der Waals surface area contributed by atoms with Gasteiger partial charge in [0.2, 0.25) is 41.4 Å². The third-order valence-electron chi connectivity index (χ3n) is 14.4. The average Bonchev–Trinajstić information content (AvgIpc) is 3.68. The van der Waals surface area contributed by atoms with Gasteiger partial charge in [0.05, 0.1) is 48.9 Å². The molecule has 0 radical (unpaired) electrons. The Morgan fingerprint density at radius 1 is 0.632 bits per heavy atom. The number of ketones is 1. The van der Waals surface area contributed by atoms with Gasteiger partial charge in [-0.2, -0.15) is 24.9 Å². The van der Waals surface area contributed by atoms with E-state index in [1.165, 1.54) is 44.2 Å². The molecule has 87 heavy (non-hydrogen) atoms. The number of nitrogens with two attached hydrogens (primary N) is 3. The Morgan fingerprint density at radius 2 is 1.16 bits per heavy atom. The van der Waals surface area contributed by atoms with E-state index in [4.69, 9.17) is 17.2 Å². The number of primary amides is 1. The molecule has 1 unspecified atom stereocenters. The molecule has 0 aliphatic heterocycles. The van der Waals surface area contributed by atoms with Crippen LogP contribution in [0.15, 0.2) is 89.5 Å². The molecule has 0 fully saturated rings. The monoisotopic (exact) mass is 1240 g/mol. The summed E-state index contributed by atoms with van der Waals surface area (Å²) in [6.07, 6.45) is 4.21. The Morgan fingerprint density at radius 3 is 1.68 bits per heavy atom. The fourth-order valence-electron chi connectivity index (χ4n) is 9.94. The second-order valence-electron chi connectivity index (χ2n) is 23.4. The summed E-state index contributed by atoms with van der Waals surface area (Å²) in [5.41, 5.74) is 20.5. The molecular formula is C65H101F3N10O8S. The number of rotatable bonds is 41. The van der Waals surface area contributed by atoms with Crippen LogP contribution in [0, 0.1) is 35.5 Å². The van der Waals surface area contributed by atoms with Crippen LogP contribution >= 0.6 is 11.8 Å².